The summed E-state index contributed by atoms with van der Waals surface area (Å²) in [6.45, 7) is 3.96. The van der Waals surface area contributed by atoms with E-state index in [0.717, 1.165) is 11.9 Å². The van der Waals surface area contributed by atoms with Crippen molar-refractivity contribution in [1.29, 1.82) is 0 Å². The molecule has 12 heavy (non-hydrogen) atoms. The van der Waals surface area contributed by atoms with E-state index in [1.807, 2.05) is 13.8 Å². The van der Waals surface area contributed by atoms with Crippen LogP contribution in [-0.2, 0) is 4.74 Å². The number of ether oxygens (including phenoxy) is 1. The smallest absolute Gasteiger partial charge is 0.407 e. The highest BCUT2D eigenvalue weighted by Gasteiger charge is 2.37. The number of nitroso groups, excluding NO2 is 1. The van der Waals surface area contributed by atoms with Gasteiger partial charge in [0.25, 0.3) is 0 Å². The van der Waals surface area contributed by atoms with Gasteiger partial charge in [0.15, 0.2) is 0 Å². The van der Waals surface area contributed by atoms with Crippen LogP contribution in [0.15, 0.2) is 4.58 Å². The lowest BCUT2D eigenvalue weighted by atomic mass is 10.1. The first kappa shape index (κ1) is 9.31. The van der Waals surface area contributed by atoms with Crippen molar-refractivity contribution in [3.05, 3.63) is 4.91 Å². The summed E-state index contributed by atoms with van der Waals surface area (Å²) in [7, 11) is 0. The maximum absolute atomic E-state index is 10.7. The summed E-state index contributed by atoms with van der Waals surface area (Å²) < 4.78 is 7.02. The van der Waals surface area contributed by atoms with E-state index in [1.54, 1.807) is 0 Å². The molecule has 1 amide bonds. The zero-order valence-electron chi connectivity index (χ0n) is 6.86. The SMILES string of the molecule is CC(C)(SN=O)C1COC(=O)N1. The molecule has 1 rings (SSSR count). The minimum Gasteiger partial charge on any atom is -0.447 e. The molecule has 0 aliphatic carbocycles. The summed E-state index contributed by atoms with van der Waals surface area (Å²) in [5.41, 5.74) is 0. The number of hydrogen-bond donors (Lipinski definition) is 1. The number of nitrogens with zero attached hydrogens (tertiary/aromatic N) is 1. The summed E-state index contributed by atoms with van der Waals surface area (Å²) in [6, 6.07) is -0.146. The number of carbonyl (C=O) groups is 1. The molecule has 1 aliphatic rings. The molecule has 1 saturated heterocycles. The average Bonchev–Trinajstić information content (AvgIpc) is 2.36. The van der Waals surface area contributed by atoms with Crippen molar-refractivity contribution in [2.75, 3.05) is 6.61 Å². The van der Waals surface area contributed by atoms with E-state index in [0.29, 0.717) is 6.61 Å². The Bertz CT molecular complexity index is 207. The second-order valence-corrected chi connectivity index (χ2v) is 4.45. The second kappa shape index (κ2) is 3.30. The van der Waals surface area contributed by atoms with Crippen molar-refractivity contribution in [1.82, 2.24) is 5.32 Å². The minimum absolute atomic E-state index is 0.146. The molecular formula is C6H10N2O3S. The summed E-state index contributed by atoms with van der Waals surface area (Å²) in [6.07, 6.45) is -0.431. The molecule has 1 N–H and O–H groups in total. The van der Waals surface area contributed by atoms with Gasteiger partial charge in [-0.1, -0.05) is 0 Å². The fourth-order valence-corrected chi connectivity index (χ4v) is 1.37. The van der Waals surface area contributed by atoms with Crippen LogP contribution in [0.5, 0.6) is 0 Å². The van der Waals surface area contributed by atoms with Gasteiger partial charge < -0.3 is 10.1 Å². The summed E-state index contributed by atoms with van der Waals surface area (Å²) >= 11 is 0.908. The molecule has 1 aliphatic heterocycles. The first-order chi connectivity index (χ1) is 5.56. The van der Waals surface area contributed by atoms with Crippen LogP contribution in [0, 0.1) is 4.91 Å². The lowest BCUT2D eigenvalue weighted by Crippen LogP contribution is -2.42. The molecule has 0 bridgehead atoms. The normalized spacial score (nSPS) is 23.2. The van der Waals surface area contributed by atoms with E-state index in [2.05, 4.69) is 9.90 Å². The van der Waals surface area contributed by atoms with Gasteiger partial charge in [-0.2, -0.15) is 0 Å². The third kappa shape index (κ3) is 1.88. The zero-order chi connectivity index (χ0) is 9.19. The van der Waals surface area contributed by atoms with Crippen LogP contribution < -0.4 is 5.32 Å². The molecule has 0 radical (unpaired) electrons. The molecule has 0 aromatic carbocycles. The van der Waals surface area contributed by atoms with E-state index >= 15 is 0 Å². The van der Waals surface area contributed by atoms with Crippen molar-refractivity contribution < 1.29 is 9.53 Å². The zero-order valence-corrected chi connectivity index (χ0v) is 7.68. The topological polar surface area (TPSA) is 67.8 Å². The second-order valence-electron chi connectivity index (χ2n) is 3.06. The number of rotatable bonds is 3. The molecule has 68 valence electrons. The summed E-state index contributed by atoms with van der Waals surface area (Å²) in [5.74, 6) is 0. The van der Waals surface area contributed by atoms with Gasteiger partial charge >= 0.3 is 6.09 Å². The van der Waals surface area contributed by atoms with Gasteiger partial charge in [0.2, 0.25) is 0 Å². The highest BCUT2D eigenvalue weighted by Crippen LogP contribution is 2.30. The average molecular weight is 190 g/mol. The van der Waals surface area contributed by atoms with Crippen LogP contribution in [0.1, 0.15) is 13.8 Å². The molecular weight excluding hydrogens is 180 g/mol. The number of carbonyl (C=O) groups excluding carboxylic acids is 1. The third-order valence-corrected chi connectivity index (χ3v) is 2.61. The molecule has 0 aromatic heterocycles. The molecule has 1 heterocycles. The molecule has 0 saturated carbocycles. The third-order valence-electron chi connectivity index (χ3n) is 1.78. The van der Waals surface area contributed by atoms with Crippen LogP contribution in [0.25, 0.3) is 0 Å². The lowest BCUT2D eigenvalue weighted by molar-refractivity contribution is 0.176. The molecule has 5 nitrogen and oxygen atoms in total. The van der Waals surface area contributed by atoms with Gasteiger partial charge in [-0.15, -0.1) is 4.91 Å². The Morgan fingerprint density at radius 3 is 2.83 bits per heavy atom. The van der Waals surface area contributed by atoms with Crippen molar-refractivity contribution in [3.8, 4) is 0 Å². The van der Waals surface area contributed by atoms with Gasteiger partial charge in [-0.05, 0) is 13.8 Å². The van der Waals surface area contributed by atoms with E-state index in [9.17, 15) is 9.70 Å². The van der Waals surface area contributed by atoms with Gasteiger partial charge in [0.05, 0.1) is 10.8 Å². The Morgan fingerprint density at radius 1 is 1.75 bits per heavy atom. The Kier molecular flexibility index (Phi) is 2.56. The fraction of sp³-hybridized carbons (Fsp3) is 0.833. The largest absolute Gasteiger partial charge is 0.447 e. The first-order valence-corrected chi connectivity index (χ1v) is 4.28. The Labute approximate surface area is 74.3 Å². The van der Waals surface area contributed by atoms with Crippen molar-refractivity contribution >= 4 is 18.0 Å². The molecule has 0 aromatic rings. The quantitative estimate of drug-likeness (QED) is 0.537. The Hall–Kier alpha value is -0.780. The van der Waals surface area contributed by atoms with Gasteiger partial charge in [0.1, 0.15) is 6.61 Å². The number of hydrogen-bond acceptors (Lipinski definition) is 5. The predicted molar refractivity (Wildman–Crippen MR) is 45.7 cm³/mol. The molecule has 0 spiro atoms. The maximum Gasteiger partial charge on any atom is 0.407 e. The van der Waals surface area contributed by atoms with Gasteiger partial charge in [0, 0.05) is 16.5 Å². The maximum atomic E-state index is 10.7. The summed E-state index contributed by atoms with van der Waals surface area (Å²) in [5, 5.41) is 2.60. The number of alkyl carbamates (subject to hydrolysis) is 1. The highest BCUT2D eigenvalue weighted by molar-refractivity contribution is 7.99. The van der Waals surface area contributed by atoms with E-state index < -0.39 is 10.8 Å². The minimum atomic E-state index is -0.431. The number of nitrogens with one attached hydrogen (secondary N) is 1. The van der Waals surface area contributed by atoms with Gasteiger partial charge in [-0.25, -0.2) is 4.79 Å². The monoisotopic (exact) mass is 190 g/mol. The number of amides is 1. The van der Waals surface area contributed by atoms with E-state index in [1.165, 1.54) is 0 Å². The van der Waals surface area contributed by atoms with Crippen LogP contribution >= 0.6 is 11.9 Å². The van der Waals surface area contributed by atoms with E-state index in [-0.39, 0.29) is 6.04 Å². The molecule has 6 heteroatoms. The number of cyclic esters (lactones) is 1. The molecule has 1 atom stereocenters. The van der Waals surface area contributed by atoms with Crippen LogP contribution in [0.2, 0.25) is 0 Å². The van der Waals surface area contributed by atoms with Crippen LogP contribution in [-0.4, -0.2) is 23.5 Å². The van der Waals surface area contributed by atoms with Crippen molar-refractivity contribution in [3.63, 3.8) is 0 Å². The predicted octanol–water partition coefficient (Wildman–Crippen LogP) is 1.29. The van der Waals surface area contributed by atoms with Gasteiger partial charge in [-0.3, -0.25) is 0 Å². The van der Waals surface area contributed by atoms with E-state index in [4.69, 9.17) is 4.74 Å². The van der Waals surface area contributed by atoms with Crippen LogP contribution in [0.3, 0.4) is 0 Å². The lowest BCUT2D eigenvalue weighted by Gasteiger charge is -2.24. The fourth-order valence-electron chi connectivity index (χ4n) is 0.919. The van der Waals surface area contributed by atoms with Crippen LogP contribution in [0.4, 0.5) is 4.79 Å². The Morgan fingerprint density at radius 2 is 2.42 bits per heavy atom. The Balaban J connectivity index is 2.56. The molecule has 1 unspecified atom stereocenters. The standard InChI is InChI=1S/C6H10N2O3S/c1-6(2,12-8-10)4-3-11-5(9)7-4/h4H,3H2,1-2H3,(H,7,9). The van der Waals surface area contributed by atoms with Crippen molar-refractivity contribution in [2.45, 2.75) is 24.6 Å². The molecule has 1 fully saturated rings. The highest BCUT2D eigenvalue weighted by atomic mass is 32.2. The first-order valence-electron chi connectivity index (χ1n) is 3.50. The summed E-state index contributed by atoms with van der Waals surface area (Å²) in [4.78, 5) is 20.7. The van der Waals surface area contributed by atoms with Crippen molar-refractivity contribution in [2.24, 2.45) is 4.58 Å².